The van der Waals surface area contributed by atoms with Crippen LogP contribution < -0.4 is 5.32 Å². The number of hydrogen-bond acceptors (Lipinski definition) is 3. The van der Waals surface area contributed by atoms with E-state index in [-0.39, 0.29) is 11.9 Å². The molecular formula is C22H25NO3. The maximum Gasteiger partial charge on any atom is 0.338 e. The summed E-state index contributed by atoms with van der Waals surface area (Å²) >= 11 is 0. The Morgan fingerprint density at radius 2 is 1.73 bits per heavy atom. The highest BCUT2D eigenvalue weighted by Crippen LogP contribution is 2.24. The zero-order chi connectivity index (χ0) is 18.4. The van der Waals surface area contributed by atoms with Crippen molar-refractivity contribution in [2.45, 2.75) is 39.0 Å². The molecule has 3 rings (SSSR count). The Hall–Kier alpha value is -2.62. The van der Waals surface area contributed by atoms with Crippen molar-refractivity contribution >= 4 is 17.6 Å². The van der Waals surface area contributed by atoms with Gasteiger partial charge in [0.05, 0.1) is 12.2 Å². The van der Waals surface area contributed by atoms with Gasteiger partial charge in [-0.1, -0.05) is 37.0 Å². The van der Waals surface area contributed by atoms with Crippen LogP contribution in [0.5, 0.6) is 0 Å². The number of ether oxygens (including phenoxy) is 1. The lowest BCUT2D eigenvalue weighted by Gasteiger charge is -2.21. The van der Waals surface area contributed by atoms with Gasteiger partial charge in [0.2, 0.25) is 0 Å². The van der Waals surface area contributed by atoms with Crippen LogP contribution in [0.4, 0.5) is 5.69 Å². The summed E-state index contributed by atoms with van der Waals surface area (Å²) in [5.74, 6) is 0.0362. The molecule has 4 heteroatoms. The van der Waals surface area contributed by atoms with Crippen molar-refractivity contribution in [2.75, 3.05) is 11.9 Å². The van der Waals surface area contributed by atoms with E-state index in [0.29, 0.717) is 29.3 Å². The number of esters is 1. The maximum atomic E-state index is 12.3. The lowest BCUT2D eigenvalue weighted by molar-refractivity contribution is 0.0410. The normalized spacial score (nSPS) is 14.7. The standard InChI is InChI=1S/C22H25NO3/c1-16-6-5-9-19(14-16)21(24)23-20-12-10-18(11-13-20)22(25)26-15-17-7-3-2-4-8-17/h5-6,9-14,17H,2-4,7-8,15H2,1H3,(H,23,24). The Kier molecular flexibility index (Phi) is 6.05. The number of hydrogen-bond donors (Lipinski definition) is 1. The minimum atomic E-state index is -0.299. The molecule has 26 heavy (non-hydrogen) atoms. The van der Waals surface area contributed by atoms with Crippen LogP contribution in [0, 0.1) is 12.8 Å². The molecule has 1 amide bonds. The van der Waals surface area contributed by atoms with Gasteiger partial charge in [0, 0.05) is 11.3 Å². The van der Waals surface area contributed by atoms with Crippen LogP contribution >= 0.6 is 0 Å². The molecule has 0 atom stereocenters. The number of rotatable bonds is 5. The third kappa shape index (κ3) is 4.94. The van der Waals surface area contributed by atoms with Crippen molar-refractivity contribution in [3.8, 4) is 0 Å². The maximum absolute atomic E-state index is 12.3. The number of carbonyl (C=O) groups excluding carboxylic acids is 2. The smallest absolute Gasteiger partial charge is 0.338 e. The molecule has 0 spiro atoms. The number of carbonyl (C=O) groups is 2. The SMILES string of the molecule is Cc1cccc(C(=O)Nc2ccc(C(=O)OCC3CCCCC3)cc2)c1. The van der Waals surface area contributed by atoms with E-state index in [0.717, 1.165) is 18.4 Å². The average molecular weight is 351 g/mol. The molecule has 1 aliphatic carbocycles. The van der Waals surface area contributed by atoms with Gasteiger partial charge < -0.3 is 10.1 Å². The Morgan fingerprint density at radius 3 is 2.42 bits per heavy atom. The summed E-state index contributed by atoms with van der Waals surface area (Å²) in [7, 11) is 0. The molecule has 0 unspecified atom stereocenters. The van der Waals surface area contributed by atoms with Gasteiger partial charge >= 0.3 is 5.97 Å². The molecule has 1 N–H and O–H groups in total. The Morgan fingerprint density at radius 1 is 1.00 bits per heavy atom. The van der Waals surface area contributed by atoms with Crippen LogP contribution in [0.25, 0.3) is 0 Å². The number of aryl methyl sites for hydroxylation is 1. The summed E-state index contributed by atoms with van der Waals surface area (Å²) < 4.78 is 5.44. The fraction of sp³-hybridized carbons (Fsp3) is 0.364. The topological polar surface area (TPSA) is 55.4 Å². The van der Waals surface area contributed by atoms with Crippen LogP contribution in [0.15, 0.2) is 48.5 Å². The van der Waals surface area contributed by atoms with E-state index in [1.54, 1.807) is 30.3 Å². The highest BCUT2D eigenvalue weighted by molar-refractivity contribution is 6.04. The molecule has 136 valence electrons. The third-order valence-corrected chi connectivity index (χ3v) is 4.83. The molecule has 1 aliphatic rings. The van der Waals surface area contributed by atoms with Crippen molar-refractivity contribution in [1.29, 1.82) is 0 Å². The first-order valence-electron chi connectivity index (χ1n) is 9.27. The fourth-order valence-electron chi connectivity index (χ4n) is 3.31. The van der Waals surface area contributed by atoms with Gasteiger partial charge in [-0.15, -0.1) is 0 Å². The second kappa shape index (κ2) is 8.65. The Balaban J connectivity index is 1.54. The average Bonchev–Trinajstić information content (AvgIpc) is 2.67. The first-order valence-corrected chi connectivity index (χ1v) is 9.27. The molecule has 0 bridgehead atoms. The van der Waals surface area contributed by atoms with E-state index < -0.39 is 0 Å². The monoisotopic (exact) mass is 351 g/mol. The van der Waals surface area contributed by atoms with E-state index >= 15 is 0 Å². The van der Waals surface area contributed by atoms with Gasteiger partial charge in [0.25, 0.3) is 5.91 Å². The molecule has 2 aromatic rings. The first kappa shape index (κ1) is 18.2. The van der Waals surface area contributed by atoms with E-state index in [2.05, 4.69) is 5.32 Å². The van der Waals surface area contributed by atoms with Gasteiger partial charge in [-0.2, -0.15) is 0 Å². The number of anilines is 1. The van der Waals surface area contributed by atoms with E-state index in [1.807, 2.05) is 25.1 Å². The molecule has 1 saturated carbocycles. The molecule has 0 saturated heterocycles. The van der Waals surface area contributed by atoms with Gasteiger partial charge in [0.15, 0.2) is 0 Å². The number of benzene rings is 2. The van der Waals surface area contributed by atoms with Crippen molar-refractivity contribution in [3.63, 3.8) is 0 Å². The molecule has 4 nitrogen and oxygen atoms in total. The second-order valence-corrected chi connectivity index (χ2v) is 7.00. The summed E-state index contributed by atoms with van der Waals surface area (Å²) in [6, 6.07) is 14.3. The molecular weight excluding hydrogens is 326 g/mol. The van der Waals surface area contributed by atoms with Crippen LogP contribution in [-0.2, 0) is 4.74 Å². The zero-order valence-electron chi connectivity index (χ0n) is 15.2. The van der Waals surface area contributed by atoms with Gasteiger partial charge in [0.1, 0.15) is 0 Å². The van der Waals surface area contributed by atoms with Crippen LogP contribution in [-0.4, -0.2) is 18.5 Å². The van der Waals surface area contributed by atoms with Gasteiger partial charge in [-0.05, 0) is 62.1 Å². The quantitative estimate of drug-likeness (QED) is 0.773. The number of amides is 1. The second-order valence-electron chi connectivity index (χ2n) is 7.00. The van der Waals surface area contributed by atoms with Crippen molar-refractivity contribution < 1.29 is 14.3 Å². The third-order valence-electron chi connectivity index (χ3n) is 4.83. The molecule has 2 aromatic carbocycles. The summed E-state index contributed by atoms with van der Waals surface area (Å²) in [5.41, 5.74) is 2.81. The molecule has 0 radical (unpaired) electrons. The van der Waals surface area contributed by atoms with Gasteiger partial charge in [-0.3, -0.25) is 4.79 Å². The van der Waals surface area contributed by atoms with E-state index in [9.17, 15) is 9.59 Å². The highest BCUT2D eigenvalue weighted by atomic mass is 16.5. The minimum Gasteiger partial charge on any atom is -0.462 e. The summed E-state index contributed by atoms with van der Waals surface area (Å²) in [4.78, 5) is 24.4. The largest absolute Gasteiger partial charge is 0.462 e. The van der Waals surface area contributed by atoms with E-state index in [1.165, 1.54) is 19.3 Å². The fourth-order valence-corrected chi connectivity index (χ4v) is 3.31. The molecule has 0 aromatic heterocycles. The van der Waals surface area contributed by atoms with Gasteiger partial charge in [-0.25, -0.2) is 4.79 Å². The first-order chi connectivity index (χ1) is 12.6. The van der Waals surface area contributed by atoms with Crippen molar-refractivity contribution in [1.82, 2.24) is 0 Å². The molecule has 1 fully saturated rings. The number of nitrogens with one attached hydrogen (secondary N) is 1. The Labute approximate surface area is 154 Å². The molecule has 0 heterocycles. The zero-order valence-corrected chi connectivity index (χ0v) is 15.2. The summed E-state index contributed by atoms with van der Waals surface area (Å²) in [6.07, 6.45) is 6.06. The predicted molar refractivity (Wildman–Crippen MR) is 102 cm³/mol. The molecule has 0 aliphatic heterocycles. The van der Waals surface area contributed by atoms with E-state index in [4.69, 9.17) is 4.74 Å². The van der Waals surface area contributed by atoms with Crippen molar-refractivity contribution in [3.05, 3.63) is 65.2 Å². The predicted octanol–water partition coefficient (Wildman–Crippen LogP) is 4.98. The lowest BCUT2D eigenvalue weighted by Crippen LogP contribution is -2.17. The Bertz CT molecular complexity index is 761. The van der Waals surface area contributed by atoms with Crippen molar-refractivity contribution in [2.24, 2.45) is 5.92 Å². The summed E-state index contributed by atoms with van der Waals surface area (Å²) in [6.45, 7) is 2.45. The van der Waals surface area contributed by atoms with Crippen LogP contribution in [0.2, 0.25) is 0 Å². The lowest BCUT2D eigenvalue weighted by atomic mass is 9.90. The van der Waals surface area contributed by atoms with Crippen LogP contribution in [0.1, 0.15) is 58.4 Å². The summed E-state index contributed by atoms with van der Waals surface area (Å²) in [5, 5.41) is 2.84. The highest BCUT2D eigenvalue weighted by Gasteiger charge is 2.16. The minimum absolute atomic E-state index is 0.165. The van der Waals surface area contributed by atoms with Crippen LogP contribution in [0.3, 0.4) is 0 Å².